The van der Waals surface area contributed by atoms with Gasteiger partial charge in [0.1, 0.15) is 5.56 Å². The average Bonchev–Trinajstić information content (AvgIpc) is 3.02. The van der Waals surface area contributed by atoms with Crippen molar-refractivity contribution in [3.8, 4) is 5.69 Å². The van der Waals surface area contributed by atoms with Crippen LogP contribution in [0.15, 0.2) is 54.6 Å². The lowest BCUT2D eigenvalue weighted by atomic mass is 10.1. The van der Waals surface area contributed by atoms with Crippen LogP contribution < -0.4 is 5.32 Å². The second-order valence-electron chi connectivity index (χ2n) is 7.04. The molecule has 0 aliphatic rings. The topological polar surface area (TPSA) is 73.2 Å². The minimum atomic E-state index is -0.910. The van der Waals surface area contributed by atoms with Crippen molar-refractivity contribution in [2.24, 2.45) is 0 Å². The molecule has 0 aliphatic carbocycles. The summed E-state index contributed by atoms with van der Waals surface area (Å²) in [7, 11) is 0. The van der Waals surface area contributed by atoms with E-state index in [9.17, 15) is 9.59 Å². The first kappa shape index (κ1) is 20.3. The highest BCUT2D eigenvalue weighted by atomic mass is 16.5. The number of benzene rings is 2. The Bertz CT molecular complexity index is 1010. The second kappa shape index (κ2) is 8.73. The van der Waals surface area contributed by atoms with E-state index in [0.29, 0.717) is 23.5 Å². The summed E-state index contributed by atoms with van der Waals surface area (Å²) < 4.78 is 7.11. The van der Waals surface area contributed by atoms with Gasteiger partial charge in [-0.05, 0) is 45.4 Å². The molecule has 0 saturated heterocycles. The Morgan fingerprint density at radius 3 is 2.34 bits per heavy atom. The summed E-state index contributed by atoms with van der Waals surface area (Å²) in [6.07, 6.45) is -0.910. The van der Waals surface area contributed by atoms with Gasteiger partial charge in [0.05, 0.1) is 17.1 Å². The maximum atomic E-state index is 12.7. The van der Waals surface area contributed by atoms with E-state index in [-0.39, 0.29) is 5.91 Å². The van der Waals surface area contributed by atoms with Crippen LogP contribution >= 0.6 is 0 Å². The fourth-order valence-electron chi connectivity index (χ4n) is 3.07. The Balaban J connectivity index is 1.65. The zero-order chi connectivity index (χ0) is 21.0. The van der Waals surface area contributed by atoms with Gasteiger partial charge in [-0.2, -0.15) is 5.10 Å². The highest BCUT2D eigenvalue weighted by Crippen LogP contribution is 2.19. The Labute approximate surface area is 170 Å². The fraction of sp³-hybridized carbons (Fsp3) is 0.261. The minimum absolute atomic E-state index is 0.343. The summed E-state index contributed by atoms with van der Waals surface area (Å²) in [5.74, 6) is -0.898. The van der Waals surface area contributed by atoms with E-state index in [1.807, 2.05) is 68.4 Å². The van der Waals surface area contributed by atoms with Crippen LogP contribution in [0.3, 0.4) is 0 Å². The molecule has 150 valence electrons. The van der Waals surface area contributed by atoms with Crippen molar-refractivity contribution in [3.63, 3.8) is 0 Å². The number of para-hydroxylation sites is 1. The summed E-state index contributed by atoms with van der Waals surface area (Å²) in [6, 6.07) is 17.4. The monoisotopic (exact) mass is 391 g/mol. The molecule has 2 aromatic carbocycles. The molecule has 0 radical (unpaired) electrons. The Hall–Kier alpha value is -3.41. The molecular formula is C23H25N3O3. The van der Waals surface area contributed by atoms with Crippen LogP contribution in [0.4, 0.5) is 0 Å². The number of amides is 1. The first-order valence-corrected chi connectivity index (χ1v) is 9.52. The number of aryl methyl sites for hydroxylation is 2. The molecule has 6 nitrogen and oxygen atoms in total. The molecule has 29 heavy (non-hydrogen) atoms. The SMILES string of the molecule is Cc1ccc(CNC(=O)[C@@H](C)OC(=O)c2c(C)nn(-c3ccccc3)c2C)cc1. The third-order valence-electron chi connectivity index (χ3n) is 4.74. The number of rotatable bonds is 6. The van der Waals surface area contributed by atoms with Gasteiger partial charge in [-0.15, -0.1) is 0 Å². The number of carbonyl (C=O) groups is 2. The zero-order valence-electron chi connectivity index (χ0n) is 17.1. The summed E-state index contributed by atoms with van der Waals surface area (Å²) in [4.78, 5) is 25.0. The van der Waals surface area contributed by atoms with E-state index in [1.165, 1.54) is 0 Å². The molecule has 3 aromatic rings. The van der Waals surface area contributed by atoms with Crippen molar-refractivity contribution in [2.45, 2.75) is 40.3 Å². The Kier molecular flexibility index (Phi) is 6.12. The molecule has 1 aromatic heterocycles. The molecule has 0 bridgehead atoms. The molecule has 1 atom stereocenters. The van der Waals surface area contributed by atoms with E-state index >= 15 is 0 Å². The molecule has 1 heterocycles. The van der Waals surface area contributed by atoms with E-state index in [1.54, 1.807) is 18.5 Å². The molecule has 0 saturated carbocycles. The van der Waals surface area contributed by atoms with Crippen LogP contribution in [0.5, 0.6) is 0 Å². The number of carbonyl (C=O) groups excluding carboxylic acids is 2. The Morgan fingerprint density at radius 1 is 1.03 bits per heavy atom. The van der Waals surface area contributed by atoms with Gasteiger partial charge in [0.25, 0.3) is 5.91 Å². The van der Waals surface area contributed by atoms with Crippen LogP contribution in [0, 0.1) is 20.8 Å². The van der Waals surface area contributed by atoms with Gasteiger partial charge in [0.2, 0.25) is 0 Å². The van der Waals surface area contributed by atoms with Crippen molar-refractivity contribution < 1.29 is 14.3 Å². The fourth-order valence-corrected chi connectivity index (χ4v) is 3.07. The van der Waals surface area contributed by atoms with Crippen LogP contribution in [-0.4, -0.2) is 27.8 Å². The van der Waals surface area contributed by atoms with Crippen LogP contribution in [0.25, 0.3) is 5.69 Å². The highest BCUT2D eigenvalue weighted by Gasteiger charge is 2.25. The summed E-state index contributed by atoms with van der Waals surface area (Å²) in [6.45, 7) is 7.52. The number of hydrogen-bond donors (Lipinski definition) is 1. The zero-order valence-corrected chi connectivity index (χ0v) is 17.1. The van der Waals surface area contributed by atoms with E-state index in [0.717, 1.165) is 16.8 Å². The smallest absolute Gasteiger partial charge is 0.342 e. The predicted octanol–water partition coefficient (Wildman–Crippen LogP) is 3.66. The summed E-state index contributed by atoms with van der Waals surface area (Å²) in [5.41, 5.74) is 4.61. The largest absolute Gasteiger partial charge is 0.449 e. The number of nitrogens with zero attached hydrogens (tertiary/aromatic N) is 2. The Morgan fingerprint density at radius 2 is 1.69 bits per heavy atom. The van der Waals surface area contributed by atoms with Crippen LogP contribution in [0.1, 0.15) is 39.8 Å². The van der Waals surface area contributed by atoms with E-state index in [2.05, 4.69) is 10.4 Å². The van der Waals surface area contributed by atoms with Crippen LogP contribution in [0.2, 0.25) is 0 Å². The number of nitrogens with one attached hydrogen (secondary N) is 1. The molecule has 0 unspecified atom stereocenters. The first-order valence-electron chi connectivity index (χ1n) is 9.52. The lowest BCUT2D eigenvalue weighted by Crippen LogP contribution is -2.35. The molecule has 0 fully saturated rings. The van der Waals surface area contributed by atoms with Crippen molar-refractivity contribution in [2.75, 3.05) is 0 Å². The van der Waals surface area contributed by atoms with Gasteiger partial charge in [0, 0.05) is 6.54 Å². The number of ether oxygens (including phenoxy) is 1. The minimum Gasteiger partial charge on any atom is -0.449 e. The van der Waals surface area contributed by atoms with Crippen molar-refractivity contribution in [1.29, 1.82) is 0 Å². The normalized spacial score (nSPS) is 11.7. The van der Waals surface area contributed by atoms with Gasteiger partial charge in [-0.25, -0.2) is 9.48 Å². The molecule has 1 amide bonds. The maximum Gasteiger partial charge on any atom is 0.342 e. The highest BCUT2D eigenvalue weighted by molar-refractivity contribution is 5.94. The van der Waals surface area contributed by atoms with Gasteiger partial charge >= 0.3 is 5.97 Å². The standard InChI is InChI=1S/C23H25N3O3/c1-15-10-12-19(13-11-15)14-24-22(27)18(4)29-23(28)21-16(2)25-26(17(21)3)20-8-6-5-7-9-20/h5-13,18H,14H2,1-4H3,(H,24,27)/t18-/m1/s1. The first-order chi connectivity index (χ1) is 13.9. The molecule has 0 spiro atoms. The number of aromatic nitrogens is 2. The van der Waals surface area contributed by atoms with Crippen molar-refractivity contribution >= 4 is 11.9 Å². The quantitative estimate of drug-likeness (QED) is 0.651. The van der Waals surface area contributed by atoms with Gasteiger partial charge < -0.3 is 10.1 Å². The van der Waals surface area contributed by atoms with Crippen molar-refractivity contribution in [1.82, 2.24) is 15.1 Å². The van der Waals surface area contributed by atoms with Crippen molar-refractivity contribution in [3.05, 3.63) is 82.7 Å². The van der Waals surface area contributed by atoms with Gasteiger partial charge in [-0.3, -0.25) is 4.79 Å². The third kappa shape index (κ3) is 4.71. The average molecular weight is 391 g/mol. The predicted molar refractivity (Wildman–Crippen MR) is 111 cm³/mol. The third-order valence-corrected chi connectivity index (χ3v) is 4.74. The maximum absolute atomic E-state index is 12.7. The number of hydrogen-bond acceptors (Lipinski definition) is 4. The second-order valence-corrected chi connectivity index (χ2v) is 7.04. The lowest BCUT2D eigenvalue weighted by molar-refractivity contribution is -0.129. The van der Waals surface area contributed by atoms with E-state index in [4.69, 9.17) is 4.74 Å². The molecule has 0 aliphatic heterocycles. The van der Waals surface area contributed by atoms with Gasteiger partial charge in [-0.1, -0.05) is 48.0 Å². The molecule has 1 N–H and O–H groups in total. The van der Waals surface area contributed by atoms with Gasteiger partial charge in [0.15, 0.2) is 6.10 Å². The summed E-state index contributed by atoms with van der Waals surface area (Å²) >= 11 is 0. The van der Waals surface area contributed by atoms with Crippen LogP contribution in [-0.2, 0) is 16.1 Å². The molecule has 3 rings (SSSR count). The molecule has 6 heteroatoms. The molecular weight excluding hydrogens is 366 g/mol. The summed E-state index contributed by atoms with van der Waals surface area (Å²) in [5, 5.41) is 7.25. The van der Waals surface area contributed by atoms with E-state index < -0.39 is 12.1 Å². The number of esters is 1. The lowest BCUT2D eigenvalue weighted by Gasteiger charge is -2.14.